The first-order valence-electron chi connectivity index (χ1n) is 3.32. The number of hydrogen-bond acceptors (Lipinski definition) is 3. The Bertz CT molecular complexity index is 241. The van der Waals surface area contributed by atoms with E-state index in [1.807, 2.05) is 30.3 Å². The van der Waals surface area contributed by atoms with E-state index in [9.17, 15) is 0 Å². The van der Waals surface area contributed by atoms with Crippen LogP contribution in [0, 0.1) is 0 Å². The summed E-state index contributed by atoms with van der Waals surface area (Å²) in [4.78, 5) is 0. The van der Waals surface area contributed by atoms with Gasteiger partial charge in [-0.1, -0.05) is 30.3 Å². The summed E-state index contributed by atoms with van der Waals surface area (Å²) in [5.74, 6) is 5.22. The molecule has 5 N–H and O–H groups in total. The van der Waals surface area contributed by atoms with Gasteiger partial charge in [-0.15, -0.1) is 0 Å². The molecule has 0 heterocycles. The number of nitrogens with one attached hydrogen (secondary N) is 1. The zero-order valence-corrected chi connectivity index (χ0v) is 6.12. The third-order valence-corrected chi connectivity index (χ3v) is 1.41. The molecule has 0 spiro atoms. The van der Waals surface area contributed by atoms with Crippen LogP contribution < -0.4 is 17.0 Å². The summed E-state index contributed by atoms with van der Waals surface area (Å²) in [7, 11) is 0. The third kappa shape index (κ3) is 1.72. The molecule has 3 heteroatoms. The normalized spacial score (nSPS) is 11.2. The van der Waals surface area contributed by atoms with Gasteiger partial charge >= 0.3 is 0 Å². The number of hydrogen-bond donors (Lipinski definition) is 3. The Hall–Kier alpha value is -1.48. The average Bonchev–Trinajstić information content (AvgIpc) is 2.09. The van der Waals surface area contributed by atoms with E-state index in [-0.39, 0.29) is 0 Å². The van der Waals surface area contributed by atoms with E-state index < -0.39 is 0 Å². The van der Waals surface area contributed by atoms with Crippen molar-refractivity contribution in [1.29, 1.82) is 0 Å². The molecule has 3 nitrogen and oxygen atoms in total. The highest BCUT2D eigenvalue weighted by atomic mass is 15.2. The van der Waals surface area contributed by atoms with Crippen molar-refractivity contribution in [3.8, 4) is 0 Å². The van der Waals surface area contributed by atoms with Crippen LogP contribution in [0.25, 0.3) is 5.70 Å². The summed E-state index contributed by atoms with van der Waals surface area (Å²) < 4.78 is 0. The largest absolute Gasteiger partial charge is 0.403 e. The van der Waals surface area contributed by atoms with Crippen molar-refractivity contribution < 1.29 is 0 Å². The van der Waals surface area contributed by atoms with Gasteiger partial charge < -0.3 is 11.2 Å². The molecule has 0 atom stereocenters. The van der Waals surface area contributed by atoms with Crippen molar-refractivity contribution in [2.24, 2.45) is 11.6 Å². The van der Waals surface area contributed by atoms with E-state index in [4.69, 9.17) is 11.6 Å². The summed E-state index contributed by atoms with van der Waals surface area (Å²) >= 11 is 0. The Morgan fingerprint density at radius 3 is 2.36 bits per heavy atom. The molecule has 0 aromatic heterocycles. The van der Waals surface area contributed by atoms with Crippen LogP contribution in [0.5, 0.6) is 0 Å². The number of rotatable bonds is 2. The maximum Gasteiger partial charge on any atom is 0.0713 e. The summed E-state index contributed by atoms with van der Waals surface area (Å²) in [6.45, 7) is 0. The van der Waals surface area contributed by atoms with Gasteiger partial charge in [-0.05, 0) is 0 Å². The first-order chi connectivity index (χ1) is 5.38. The monoisotopic (exact) mass is 149 g/mol. The van der Waals surface area contributed by atoms with Crippen molar-refractivity contribution in [3.63, 3.8) is 0 Å². The van der Waals surface area contributed by atoms with Gasteiger partial charge in [0.2, 0.25) is 0 Å². The van der Waals surface area contributed by atoms with E-state index in [2.05, 4.69) is 5.43 Å². The molecule has 0 aliphatic carbocycles. The second-order valence-electron chi connectivity index (χ2n) is 2.09. The molecule has 0 unspecified atom stereocenters. The van der Waals surface area contributed by atoms with Crippen LogP contribution in [-0.2, 0) is 0 Å². The van der Waals surface area contributed by atoms with Crippen molar-refractivity contribution in [3.05, 3.63) is 42.1 Å². The molecule has 0 aliphatic heterocycles. The smallest absolute Gasteiger partial charge is 0.0713 e. The van der Waals surface area contributed by atoms with Gasteiger partial charge in [0.1, 0.15) is 0 Å². The predicted molar refractivity (Wildman–Crippen MR) is 45.9 cm³/mol. The molecule has 1 aromatic carbocycles. The summed E-state index contributed by atoms with van der Waals surface area (Å²) in [6.07, 6.45) is 1.44. The van der Waals surface area contributed by atoms with Gasteiger partial charge in [-0.2, -0.15) is 0 Å². The van der Waals surface area contributed by atoms with Crippen LogP contribution in [0.4, 0.5) is 0 Å². The molecule has 58 valence electrons. The average molecular weight is 149 g/mol. The maximum atomic E-state index is 5.31. The van der Waals surface area contributed by atoms with Crippen LogP contribution in [0.15, 0.2) is 36.5 Å². The van der Waals surface area contributed by atoms with Crippen molar-refractivity contribution in [2.75, 3.05) is 0 Å². The van der Waals surface area contributed by atoms with Crippen LogP contribution in [0.2, 0.25) is 0 Å². The topological polar surface area (TPSA) is 64.1 Å². The van der Waals surface area contributed by atoms with Gasteiger partial charge in [0.25, 0.3) is 0 Å². The van der Waals surface area contributed by atoms with Gasteiger partial charge in [-0.3, -0.25) is 5.84 Å². The summed E-state index contributed by atoms with van der Waals surface area (Å²) in [5, 5.41) is 0. The first kappa shape index (κ1) is 7.63. The van der Waals surface area contributed by atoms with E-state index in [1.165, 1.54) is 6.20 Å². The van der Waals surface area contributed by atoms with Gasteiger partial charge in [0, 0.05) is 11.8 Å². The zero-order chi connectivity index (χ0) is 8.10. The van der Waals surface area contributed by atoms with E-state index in [0.717, 1.165) is 11.3 Å². The third-order valence-electron chi connectivity index (χ3n) is 1.41. The Labute approximate surface area is 65.7 Å². The lowest BCUT2D eigenvalue weighted by molar-refractivity contribution is 0.988. The Morgan fingerprint density at radius 1 is 1.27 bits per heavy atom. The lowest BCUT2D eigenvalue weighted by Gasteiger charge is -2.03. The molecule has 0 aliphatic rings. The minimum absolute atomic E-state index is 0.727. The fourth-order valence-electron chi connectivity index (χ4n) is 0.845. The summed E-state index contributed by atoms with van der Waals surface area (Å²) in [5.41, 5.74) is 9.53. The Kier molecular flexibility index (Phi) is 2.52. The standard InChI is InChI=1S/C8H11N3/c9-6-8(11-10)7-4-2-1-3-5-7/h1-6,11H,9-10H2/b8-6-. The molecule has 0 bridgehead atoms. The minimum atomic E-state index is 0.727. The van der Waals surface area contributed by atoms with Crippen LogP contribution in [0.1, 0.15) is 5.56 Å². The van der Waals surface area contributed by atoms with E-state index >= 15 is 0 Å². The first-order valence-corrected chi connectivity index (χ1v) is 3.32. The lowest BCUT2D eigenvalue weighted by Crippen LogP contribution is -2.20. The highest BCUT2D eigenvalue weighted by Gasteiger charge is 1.94. The molecule has 1 rings (SSSR count). The van der Waals surface area contributed by atoms with Crippen LogP contribution >= 0.6 is 0 Å². The second-order valence-corrected chi connectivity index (χ2v) is 2.09. The zero-order valence-electron chi connectivity index (χ0n) is 6.12. The van der Waals surface area contributed by atoms with E-state index in [1.54, 1.807) is 0 Å². The maximum absolute atomic E-state index is 5.31. The van der Waals surface area contributed by atoms with Gasteiger partial charge in [0.05, 0.1) is 5.70 Å². The number of nitrogens with two attached hydrogens (primary N) is 2. The molecule has 1 aromatic rings. The number of benzene rings is 1. The van der Waals surface area contributed by atoms with E-state index in [0.29, 0.717) is 0 Å². The van der Waals surface area contributed by atoms with Crippen LogP contribution in [-0.4, -0.2) is 0 Å². The van der Waals surface area contributed by atoms with Crippen molar-refractivity contribution >= 4 is 5.70 Å². The van der Waals surface area contributed by atoms with Crippen molar-refractivity contribution in [2.45, 2.75) is 0 Å². The highest BCUT2D eigenvalue weighted by Crippen LogP contribution is 2.07. The second kappa shape index (κ2) is 3.63. The lowest BCUT2D eigenvalue weighted by atomic mass is 10.2. The molecule has 0 amide bonds. The Balaban J connectivity index is 2.92. The molecule has 0 saturated carbocycles. The van der Waals surface area contributed by atoms with Crippen molar-refractivity contribution in [1.82, 2.24) is 5.43 Å². The van der Waals surface area contributed by atoms with Gasteiger partial charge in [-0.25, -0.2) is 0 Å². The SMILES string of the molecule is N/C=C(\NN)c1ccccc1. The Morgan fingerprint density at radius 2 is 1.91 bits per heavy atom. The highest BCUT2D eigenvalue weighted by molar-refractivity contribution is 5.62. The van der Waals surface area contributed by atoms with Gasteiger partial charge in [0.15, 0.2) is 0 Å². The fraction of sp³-hybridized carbons (Fsp3) is 0. The van der Waals surface area contributed by atoms with Crippen LogP contribution in [0.3, 0.4) is 0 Å². The molecular formula is C8H11N3. The summed E-state index contributed by atoms with van der Waals surface area (Å²) in [6, 6.07) is 9.65. The molecule has 0 radical (unpaired) electrons. The molecule has 0 fully saturated rings. The number of hydrazine groups is 1. The fourth-order valence-corrected chi connectivity index (χ4v) is 0.845. The molecule has 0 saturated heterocycles. The minimum Gasteiger partial charge on any atom is -0.403 e. The quantitative estimate of drug-likeness (QED) is 0.421. The molecular weight excluding hydrogens is 138 g/mol. The predicted octanol–water partition coefficient (Wildman–Crippen LogP) is 0.407. The molecule has 11 heavy (non-hydrogen) atoms.